The van der Waals surface area contributed by atoms with Crippen molar-refractivity contribution in [2.24, 2.45) is 0 Å². The fourth-order valence-electron chi connectivity index (χ4n) is 4.40. The Bertz CT molecular complexity index is 980. The molecule has 1 aliphatic rings. The summed E-state index contributed by atoms with van der Waals surface area (Å²) in [6, 6.07) is 3.89. The van der Waals surface area contributed by atoms with Crippen molar-refractivity contribution in [2.75, 3.05) is 13.1 Å². The Balaban J connectivity index is 1.74. The summed E-state index contributed by atoms with van der Waals surface area (Å²) in [6.45, 7) is 2.73. The van der Waals surface area contributed by atoms with Crippen LogP contribution in [0.5, 0.6) is 0 Å². The van der Waals surface area contributed by atoms with Crippen molar-refractivity contribution in [3.8, 4) is 0 Å². The number of nitrogens with one attached hydrogen (secondary N) is 1. The van der Waals surface area contributed by atoms with Crippen LogP contribution in [0, 0.1) is 12.7 Å². The molecule has 1 aromatic heterocycles. The molecule has 1 saturated heterocycles. The standard InChI is InChI=1S/C19H25B4ClF2N4O/c1-11-7-27-15(28-8-11)9-29-19(22,23)17(26)4-5-30(10-18(17,20)21)16(31)12-2-3-14(25)13(24)6-12/h2-3,6-8,29H,4-5,9-10,20-23H2,1H3. The summed E-state index contributed by atoms with van der Waals surface area (Å²) >= 11 is 5.83. The van der Waals surface area contributed by atoms with Crippen LogP contribution in [0.3, 0.4) is 0 Å². The Labute approximate surface area is 190 Å². The normalized spacial score (nSPS) is 21.1. The molecule has 1 N–H and O–H groups in total. The number of amides is 1. The van der Waals surface area contributed by atoms with Crippen LogP contribution < -0.4 is 5.32 Å². The molecule has 3 rings (SSSR count). The molecule has 1 amide bonds. The average Bonchev–Trinajstić information content (AvgIpc) is 2.71. The van der Waals surface area contributed by atoms with Crippen LogP contribution in [0.2, 0.25) is 10.2 Å². The minimum Gasteiger partial charge on any atom is -0.339 e. The number of aryl methyl sites for hydroxylation is 1. The number of likely N-dealkylation sites (tertiary alicyclic amines) is 1. The molecule has 31 heavy (non-hydrogen) atoms. The Morgan fingerprint density at radius 2 is 1.97 bits per heavy atom. The zero-order valence-electron chi connectivity index (χ0n) is 18.6. The lowest BCUT2D eigenvalue weighted by molar-refractivity contribution is 0.0182. The van der Waals surface area contributed by atoms with E-state index in [1.54, 1.807) is 17.3 Å². The lowest BCUT2D eigenvalue weighted by Gasteiger charge is -2.56. The van der Waals surface area contributed by atoms with E-state index in [4.69, 9.17) is 11.6 Å². The van der Waals surface area contributed by atoms with Crippen LogP contribution in [0.1, 0.15) is 28.2 Å². The van der Waals surface area contributed by atoms with Crippen molar-refractivity contribution in [2.45, 2.75) is 36.1 Å². The molecule has 1 aliphatic heterocycles. The molecule has 160 valence electrons. The topological polar surface area (TPSA) is 58.1 Å². The number of aromatic nitrogens is 2. The van der Waals surface area contributed by atoms with Crippen molar-refractivity contribution in [1.29, 1.82) is 0 Å². The lowest BCUT2D eigenvalue weighted by atomic mass is 9.35. The van der Waals surface area contributed by atoms with Crippen molar-refractivity contribution in [3.05, 3.63) is 58.4 Å². The zero-order valence-corrected chi connectivity index (χ0v) is 19.4. The van der Waals surface area contributed by atoms with Gasteiger partial charge in [0.25, 0.3) is 5.91 Å². The van der Waals surface area contributed by atoms with Gasteiger partial charge in [0, 0.05) is 31.0 Å². The van der Waals surface area contributed by atoms with E-state index in [0.717, 1.165) is 5.56 Å². The monoisotopic (exact) mass is 442 g/mol. The van der Waals surface area contributed by atoms with E-state index in [1.165, 1.54) is 18.2 Å². The molecule has 1 atom stereocenters. The fraction of sp³-hybridized carbons (Fsp3) is 0.421. The van der Waals surface area contributed by atoms with Gasteiger partial charge in [0.05, 0.1) is 11.6 Å². The van der Waals surface area contributed by atoms with Gasteiger partial charge in [-0.2, -0.15) is 0 Å². The molecule has 1 aromatic carbocycles. The highest BCUT2D eigenvalue weighted by atomic mass is 35.5. The van der Waals surface area contributed by atoms with Gasteiger partial charge in [0.15, 0.2) is 0 Å². The van der Waals surface area contributed by atoms with Gasteiger partial charge < -0.3 is 10.2 Å². The highest BCUT2D eigenvalue weighted by Gasteiger charge is 2.57. The quantitative estimate of drug-likeness (QED) is 0.619. The number of rotatable bonds is 5. The van der Waals surface area contributed by atoms with Gasteiger partial charge in [-0.1, -0.05) is 11.6 Å². The summed E-state index contributed by atoms with van der Waals surface area (Å²) in [7, 11) is 7.33. The highest BCUT2D eigenvalue weighted by molar-refractivity contribution is 6.46. The van der Waals surface area contributed by atoms with Gasteiger partial charge in [-0.05, 0) is 47.7 Å². The van der Waals surface area contributed by atoms with E-state index in [0.29, 0.717) is 17.9 Å². The second kappa shape index (κ2) is 8.58. The number of benzene rings is 1. The van der Waals surface area contributed by atoms with Crippen LogP contribution in [-0.2, 0) is 6.54 Å². The van der Waals surface area contributed by atoms with Crippen LogP contribution in [-0.4, -0.2) is 76.3 Å². The van der Waals surface area contributed by atoms with Crippen molar-refractivity contribution < 1.29 is 13.6 Å². The number of halogens is 3. The first kappa shape index (κ1) is 23.8. The fourth-order valence-corrected chi connectivity index (χ4v) is 4.58. The molecule has 5 nitrogen and oxygen atoms in total. The summed E-state index contributed by atoms with van der Waals surface area (Å²) in [6.07, 6.45) is 3.63. The largest absolute Gasteiger partial charge is 0.339 e. The molecule has 1 fully saturated rings. The molecule has 0 saturated carbocycles. The van der Waals surface area contributed by atoms with Crippen molar-refractivity contribution >= 4 is 48.9 Å². The Kier molecular flexibility index (Phi) is 6.59. The van der Waals surface area contributed by atoms with Crippen LogP contribution in [0.15, 0.2) is 30.6 Å². The molecule has 2 aromatic rings. The molecule has 0 radical (unpaired) electrons. The van der Waals surface area contributed by atoms with Gasteiger partial charge in [0.1, 0.15) is 48.7 Å². The summed E-state index contributed by atoms with van der Waals surface area (Å²) in [5.74, 6) is -0.262. The Morgan fingerprint density at radius 3 is 2.55 bits per heavy atom. The third-order valence-electron chi connectivity index (χ3n) is 6.35. The molecule has 0 spiro atoms. The SMILES string of the molecule is BC1(B)CN(C(=O)c2ccc(F)c(Cl)c2)CCC1(F)C(B)(B)NCc1ncc(C)cn1. The van der Waals surface area contributed by atoms with E-state index >= 15 is 4.39 Å². The molecule has 1 unspecified atom stereocenters. The first-order valence-corrected chi connectivity index (χ1v) is 10.7. The number of carbonyl (C=O) groups excluding carboxylic acids is 1. The van der Waals surface area contributed by atoms with E-state index < -0.39 is 22.0 Å². The van der Waals surface area contributed by atoms with E-state index in [1.807, 2.05) is 38.3 Å². The van der Waals surface area contributed by atoms with Gasteiger partial charge in [-0.15, -0.1) is 0 Å². The molecular formula is C19H25B4ClF2N4O. The number of nitrogens with zero attached hydrogens (tertiary/aromatic N) is 3. The summed E-state index contributed by atoms with van der Waals surface area (Å²) in [5.41, 5.74) is -0.338. The second-order valence-corrected chi connectivity index (χ2v) is 9.85. The molecular weight excluding hydrogens is 417 g/mol. The van der Waals surface area contributed by atoms with Crippen LogP contribution in [0.4, 0.5) is 8.78 Å². The predicted octanol–water partition coefficient (Wildman–Crippen LogP) is -0.776. The maximum absolute atomic E-state index is 16.5. The maximum atomic E-state index is 16.5. The van der Waals surface area contributed by atoms with E-state index in [-0.39, 0.29) is 30.4 Å². The average molecular weight is 442 g/mol. The lowest BCUT2D eigenvalue weighted by Crippen LogP contribution is -2.71. The third kappa shape index (κ3) is 4.67. The molecule has 12 heteroatoms. The van der Waals surface area contributed by atoms with E-state index in [9.17, 15) is 9.18 Å². The van der Waals surface area contributed by atoms with Crippen LogP contribution in [0.25, 0.3) is 0 Å². The van der Waals surface area contributed by atoms with Crippen LogP contribution >= 0.6 is 11.6 Å². The number of hydrogen-bond acceptors (Lipinski definition) is 4. The Morgan fingerprint density at radius 1 is 1.32 bits per heavy atom. The number of piperidine rings is 1. The number of hydrogen-bond donors (Lipinski definition) is 1. The minimum atomic E-state index is -1.60. The first-order chi connectivity index (χ1) is 14.4. The molecule has 2 heterocycles. The zero-order chi connectivity index (χ0) is 23.0. The van der Waals surface area contributed by atoms with Gasteiger partial charge in [-0.3, -0.25) is 4.79 Å². The predicted molar refractivity (Wildman–Crippen MR) is 129 cm³/mol. The second-order valence-electron chi connectivity index (χ2n) is 9.45. The first-order valence-electron chi connectivity index (χ1n) is 10.3. The van der Waals surface area contributed by atoms with Crippen molar-refractivity contribution in [3.63, 3.8) is 0 Å². The number of carbonyl (C=O) groups is 1. The van der Waals surface area contributed by atoms with Crippen molar-refractivity contribution in [1.82, 2.24) is 20.2 Å². The van der Waals surface area contributed by atoms with E-state index in [2.05, 4.69) is 15.3 Å². The minimum absolute atomic E-state index is 0.106. The van der Waals surface area contributed by atoms with Gasteiger partial charge in [0.2, 0.25) is 0 Å². The summed E-state index contributed by atoms with van der Waals surface area (Å²) in [5, 5.41) is 1.45. The third-order valence-corrected chi connectivity index (χ3v) is 6.64. The van der Waals surface area contributed by atoms with Gasteiger partial charge in [-0.25, -0.2) is 18.7 Å². The molecule has 0 bridgehead atoms. The highest BCUT2D eigenvalue weighted by Crippen LogP contribution is 2.48. The summed E-state index contributed by atoms with van der Waals surface area (Å²) < 4.78 is 30.0. The Hall–Kier alpha value is -1.86. The maximum Gasteiger partial charge on any atom is 0.253 e. The number of alkyl halides is 1. The van der Waals surface area contributed by atoms with Gasteiger partial charge >= 0.3 is 0 Å². The smallest absolute Gasteiger partial charge is 0.253 e. The summed E-state index contributed by atoms with van der Waals surface area (Å²) in [4.78, 5) is 23.1. The molecule has 0 aliphatic carbocycles.